The molecule has 1 aromatic heterocycles. The largest absolute Gasteiger partial charge is 0.319 e. The van der Waals surface area contributed by atoms with E-state index in [9.17, 15) is 4.79 Å². The topological polar surface area (TPSA) is 49.8 Å². The predicted octanol–water partition coefficient (Wildman–Crippen LogP) is 3.02. The lowest BCUT2D eigenvalue weighted by atomic mass is 10.1. The number of benzene rings is 2. The number of likely N-dealkylation sites (N-methyl/N-ethyl adjacent to an activating group) is 1. The van der Waals surface area contributed by atoms with E-state index < -0.39 is 0 Å². The van der Waals surface area contributed by atoms with Gasteiger partial charge in [0, 0.05) is 5.56 Å². The summed E-state index contributed by atoms with van der Waals surface area (Å²) in [6.45, 7) is 0.766. The van der Waals surface area contributed by atoms with E-state index in [1.54, 1.807) is 4.68 Å². The first-order chi connectivity index (χ1) is 10.8. The fraction of sp³-hybridized carbons (Fsp3) is 0.167. The van der Waals surface area contributed by atoms with E-state index in [1.165, 1.54) is 0 Å². The molecule has 0 aliphatic carbocycles. The lowest BCUT2D eigenvalue weighted by molar-refractivity contribution is 0.785. The van der Waals surface area contributed by atoms with Crippen molar-refractivity contribution in [2.75, 3.05) is 13.6 Å². The molecule has 120 valence electrons. The molecule has 0 atom stereocenters. The highest BCUT2D eigenvalue weighted by Crippen LogP contribution is 2.20. The quantitative estimate of drug-likeness (QED) is 0.756. The SMILES string of the molecule is CNCCc1c(-c2ccccc2)[nH]n(-c2ccccc2)c1=O.Cl. The first kappa shape index (κ1) is 17.1. The second kappa shape index (κ2) is 7.81. The van der Waals surface area contributed by atoms with Crippen LogP contribution in [0.15, 0.2) is 65.5 Å². The molecule has 23 heavy (non-hydrogen) atoms. The van der Waals surface area contributed by atoms with Crippen LogP contribution >= 0.6 is 12.4 Å². The zero-order valence-corrected chi connectivity index (χ0v) is 13.8. The van der Waals surface area contributed by atoms with E-state index >= 15 is 0 Å². The smallest absolute Gasteiger partial charge is 0.275 e. The number of aromatic nitrogens is 2. The fourth-order valence-corrected chi connectivity index (χ4v) is 2.56. The Hall–Kier alpha value is -2.30. The number of rotatable bonds is 5. The highest BCUT2D eigenvalue weighted by atomic mass is 35.5. The summed E-state index contributed by atoms with van der Waals surface area (Å²) in [4.78, 5) is 12.8. The third kappa shape index (κ3) is 3.55. The van der Waals surface area contributed by atoms with Gasteiger partial charge in [-0.25, -0.2) is 4.68 Å². The second-order valence-electron chi connectivity index (χ2n) is 5.16. The zero-order valence-electron chi connectivity index (χ0n) is 13.0. The Morgan fingerprint density at radius 1 is 1.00 bits per heavy atom. The molecule has 0 amide bonds. The first-order valence-electron chi connectivity index (χ1n) is 7.40. The van der Waals surface area contributed by atoms with Gasteiger partial charge in [0.05, 0.1) is 11.4 Å². The number of nitrogens with zero attached hydrogens (tertiary/aromatic N) is 1. The van der Waals surface area contributed by atoms with Gasteiger partial charge in [-0.1, -0.05) is 48.5 Å². The minimum Gasteiger partial charge on any atom is -0.319 e. The van der Waals surface area contributed by atoms with Crippen molar-refractivity contribution in [3.05, 3.63) is 76.6 Å². The van der Waals surface area contributed by atoms with Crippen molar-refractivity contribution < 1.29 is 0 Å². The van der Waals surface area contributed by atoms with Crippen molar-refractivity contribution in [1.82, 2.24) is 15.1 Å². The van der Waals surface area contributed by atoms with Gasteiger partial charge in [0.25, 0.3) is 5.56 Å². The summed E-state index contributed by atoms with van der Waals surface area (Å²) >= 11 is 0. The predicted molar refractivity (Wildman–Crippen MR) is 96.7 cm³/mol. The number of nitrogens with one attached hydrogen (secondary N) is 2. The number of aromatic amines is 1. The average Bonchev–Trinajstić information content (AvgIpc) is 2.91. The maximum absolute atomic E-state index is 12.8. The van der Waals surface area contributed by atoms with Crippen molar-refractivity contribution in [1.29, 1.82) is 0 Å². The van der Waals surface area contributed by atoms with Gasteiger partial charge in [-0.3, -0.25) is 9.89 Å². The van der Waals surface area contributed by atoms with Crippen molar-refractivity contribution in [3.63, 3.8) is 0 Å². The van der Waals surface area contributed by atoms with Gasteiger partial charge < -0.3 is 5.32 Å². The summed E-state index contributed by atoms with van der Waals surface area (Å²) in [5.41, 5.74) is 3.59. The Kier molecular flexibility index (Phi) is 5.79. The molecule has 0 unspecified atom stereocenters. The third-order valence-electron chi connectivity index (χ3n) is 3.69. The molecule has 4 nitrogen and oxygen atoms in total. The van der Waals surface area contributed by atoms with Crippen LogP contribution in [0.1, 0.15) is 5.56 Å². The van der Waals surface area contributed by atoms with Crippen molar-refractivity contribution in [2.45, 2.75) is 6.42 Å². The Bertz CT molecular complexity index is 794. The summed E-state index contributed by atoms with van der Waals surface area (Å²) in [6.07, 6.45) is 0.690. The highest BCUT2D eigenvalue weighted by Gasteiger charge is 2.15. The average molecular weight is 330 g/mol. The number of H-pyrrole nitrogens is 1. The maximum Gasteiger partial charge on any atom is 0.275 e. The summed E-state index contributed by atoms with van der Waals surface area (Å²) < 4.78 is 1.62. The Balaban J connectivity index is 0.00000192. The number of para-hydroxylation sites is 1. The van der Waals surface area contributed by atoms with Crippen LogP contribution in [0.3, 0.4) is 0 Å². The molecular weight excluding hydrogens is 310 g/mol. The molecule has 5 heteroatoms. The summed E-state index contributed by atoms with van der Waals surface area (Å²) in [6, 6.07) is 19.6. The van der Waals surface area contributed by atoms with Crippen LogP contribution in [-0.2, 0) is 6.42 Å². The van der Waals surface area contributed by atoms with E-state index in [4.69, 9.17) is 0 Å². The molecule has 0 aliphatic heterocycles. The van der Waals surface area contributed by atoms with Gasteiger partial charge in [-0.2, -0.15) is 0 Å². The van der Waals surface area contributed by atoms with Crippen LogP contribution in [0, 0.1) is 0 Å². The molecule has 1 heterocycles. The van der Waals surface area contributed by atoms with Crippen LogP contribution in [-0.4, -0.2) is 23.4 Å². The van der Waals surface area contributed by atoms with E-state index in [0.29, 0.717) is 6.42 Å². The van der Waals surface area contributed by atoms with Crippen molar-refractivity contribution >= 4 is 12.4 Å². The van der Waals surface area contributed by atoms with E-state index in [0.717, 1.165) is 29.1 Å². The molecule has 0 spiro atoms. The minimum absolute atomic E-state index is 0. The minimum atomic E-state index is 0. The van der Waals surface area contributed by atoms with Gasteiger partial charge >= 0.3 is 0 Å². The monoisotopic (exact) mass is 329 g/mol. The molecule has 0 fully saturated rings. The number of hydrogen-bond acceptors (Lipinski definition) is 2. The molecule has 3 rings (SSSR count). The van der Waals surface area contributed by atoms with E-state index in [2.05, 4.69) is 10.4 Å². The van der Waals surface area contributed by atoms with Gasteiger partial charge in [-0.05, 0) is 37.7 Å². The molecule has 3 aromatic rings. The number of hydrogen-bond donors (Lipinski definition) is 2. The first-order valence-corrected chi connectivity index (χ1v) is 7.40. The van der Waals surface area contributed by atoms with Gasteiger partial charge in [0.1, 0.15) is 0 Å². The summed E-state index contributed by atoms with van der Waals surface area (Å²) in [7, 11) is 1.89. The van der Waals surface area contributed by atoms with Gasteiger partial charge in [0.2, 0.25) is 0 Å². The molecule has 0 aliphatic rings. The highest BCUT2D eigenvalue weighted by molar-refractivity contribution is 5.85. The second-order valence-corrected chi connectivity index (χ2v) is 5.16. The molecule has 0 radical (unpaired) electrons. The summed E-state index contributed by atoms with van der Waals surface area (Å²) in [5.74, 6) is 0. The third-order valence-corrected chi connectivity index (χ3v) is 3.69. The van der Waals surface area contributed by atoms with Crippen molar-refractivity contribution in [2.24, 2.45) is 0 Å². The van der Waals surface area contributed by atoms with E-state index in [1.807, 2.05) is 67.7 Å². The molecular formula is C18H20ClN3O. The lowest BCUT2D eigenvalue weighted by Crippen LogP contribution is -2.20. The van der Waals surface area contributed by atoms with Crippen LogP contribution in [0.5, 0.6) is 0 Å². The fourth-order valence-electron chi connectivity index (χ4n) is 2.56. The van der Waals surface area contributed by atoms with Gasteiger partial charge in [-0.15, -0.1) is 12.4 Å². The van der Waals surface area contributed by atoms with E-state index in [-0.39, 0.29) is 18.0 Å². The Labute approximate surface area is 141 Å². The van der Waals surface area contributed by atoms with Crippen LogP contribution in [0.4, 0.5) is 0 Å². The summed E-state index contributed by atoms with van der Waals surface area (Å²) in [5, 5.41) is 6.38. The molecule has 0 saturated heterocycles. The molecule has 0 bridgehead atoms. The van der Waals surface area contributed by atoms with Crippen LogP contribution < -0.4 is 10.9 Å². The normalized spacial score (nSPS) is 10.3. The molecule has 2 aromatic carbocycles. The molecule has 2 N–H and O–H groups in total. The van der Waals surface area contributed by atoms with Crippen molar-refractivity contribution in [3.8, 4) is 16.9 Å². The Morgan fingerprint density at radius 3 is 2.22 bits per heavy atom. The standard InChI is InChI=1S/C18H19N3O.ClH/c1-19-13-12-16-17(14-8-4-2-5-9-14)20-21(18(16)22)15-10-6-3-7-11-15;/h2-11,19-20H,12-13H2,1H3;1H. The molecule has 0 saturated carbocycles. The van der Waals surface area contributed by atoms with Crippen LogP contribution in [0.25, 0.3) is 16.9 Å². The maximum atomic E-state index is 12.8. The zero-order chi connectivity index (χ0) is 15.4. The number of halogens is 1. The Morgan fingerprint density at radius 2 is 1.61 bits per heavy atom. The lowest BCUT2D eigenvalue weighted by Gasteiger charge is -2.02. The van der Waals surface area contributed by atoms with Crippen LogP contribution in [0.2, 0.25) is 0 Å². The van der Waals surface area contributed by atoms with Gasteiger partial charge in [0.15, 0.2) is 0 Å².